The van der Waals surface area contributed by atoms with Gasteiger partial charge in [0.25, 0.3) is 10.0 Å². The highest BCUT2D eigenvalue weighted by Gasteiger charge is 2.20. The molecule has 35 heavy (non-hydrogen) atoms. The molecule has 0 unspecified atom stereocenters. The monoisotopic (exact) mass is 541 g/mol. The van der Waals surface area contributed by atoms with Crippen LogP contribution in [0.3, 0.4) is 0 Å². The van der Waals surface area contributed by atoms with Crippen LogP contribution in [0.2, 0.25) is 10.0 Å². The van der Waals surface area contributed by atoms with Crippen LogP contribution in [-0.2, 0) is 10.0 Å². The standard InChI is InChI=1S/C24H22Cl2FNO6S/c1-31-21-11-15(12-22(32-2)24(21)34-4)6-5-14-9-19(27)23(33-3)20(10-14)28-35(29,30)16-7-8-17(25)18(26)13-16/h5-13,28H,1-4H3. The Hall–Kier alpha value is -3.14. The molecule has 186 valence electrons. The van der Waals surface area contributed by atoms with Gasteiger partial charge in [0.15, 0.2) is 23.1 Å². The minimum atomic E-state index is -4.12. The van der Waals surface area contributed by atoms with Crippen molar-refractivity contribution in [2.45, 2.75) is 4.90 Å². The van der Waals surface area contributed by atoms with Crippen LogP contribution in [0.5, 0.6) is 23.0 Å². The molecule has 3 aromatic rings. The van der Waals surface area contributed by atoms with Gasteiger partial charge in [-0.3, -0.25) is 4.72 Å². The molecule has 11 heteroatoms. The van der Waals surface area contributed by atoms with E-state index in [2.05, 4.69) is 4.72 Å². The Kier molecular flexibility index (Phi) is 8.37. The predicted octanol–water partition coefficient (Wildman–Crippen LogP) is 6.14. The molecule has 0 atom stereocenters. The van der Waals surface area contributed by atoms with Crippen molar-refractivity contribution >= 4 is 51.1 Å². The summed E-state index contributed by atoms with van der Waals surface area (Å²) in [5, 5.41) is 0.267. The Morgan fingerprint density at radius 2 is 1.34 bits per heavy atom. The topological polar surface area (TPSA) is 83.1 Å². The largest absolute Gasteiger partial charge is 0.493 e. The number of benzene rings is 3. The quantitative estimate of drug-likeness (QED) is 0.327. The Labute approximate surface area is 213 Å². The van der Waals surface area contributed by atoms with Crippen LogP contribution in [0.4, 0.5) is 10.1 Å². The van der Waals surface area contributed by atoms with Gasteiger partial charge in [-0.2, -0.15) is 0 Å². The van der Waals surface area contributed by atoms with Crippen molar-refractivity contribution in [3.05, 3.63) is 69.5 Å². The van der Waals surface area contributed by atoms with Gasteiger partial charge in [-0.15, -0.1) is 0 Å². The highest BCUT2D eigenvalue weighted by atomic mass is 35.5. The van der Waals surface area contributed by atoms with E-state index in [4.69, 9.17) is 42.1 Å². The second-order valence-corrected chi connectivity index (χ2v) is 9.55. The predicted molar refractivity (Wildman–Crippen MR) is 135 cm³/mol. The summed E-state index contributed by atoms with van der Waals surface area (Å²) in [7, 11) is 1.60. The van der Waals surface area contributed by atoms with Crippen molar-refractivity contribution in [2.75, 3.05) is 33.2 Å². The van der Waals surface area contributed by atoms with E-state index in [1.54, 1.807) is 24.3 Å². The molecule has 0 heterocycles. The van der Waals surface area contributed by atoms with Gasteiger partial charge in [0.2, 0.25) is 5.75 Å². The fraction of sp³-hybridized carbons (Fsp3) is 0.167. The summed E-state index contributed by atoms with van der Waals surface area (Å²) in [5.41, 5.74) is 0.945. The molecule has 0 aliphatic heterocycles. The first-order valence-corrected chi connectivity index (χ1v) is 12.2. The van der Waals surface area contributed by atoms with Crippen molar-refractivity contribution in [2.24, 2.45) is 0 Å². The lowest BCUT2D eigenvalue weighted by molar-refractivity contribution is 0.324. The highest BCUT2D eigenvalue weighted by Crippen LogP contribution is 2.39. The van der Waals surface area contributed by atoms with Gasteiger partial charge in [0.1, 0.15) is 0 Å². The Bertz CT molecular complexity index is 1350. The van der Waals surface area contributed by atoms with Crippen molar-refractivity contribution < 1.29 is 31.8 Å². The number of anilines is 1. The molecule has 0 aromatic heterocycles. The SMILES string of the molecule is COc1cc(C=Cc2cc(F)c(OC)c(NS(=O)(=O)c3ccc(Cl)c(Cl)c3)c2)cc(OC)c1OC. The minimum Gasteiger partial charge on any atom is -0.493 e. The first-order chi connectivity index (χ1) is 16.6. The molecule has 3 rings (SSSR count). The Morgan fingerprint density at radius 3 is 1.86 bits per heavy atom. The average Bonchev–Trinajstić information content (AvgIpc) is 2.83. The van der Waals surface area contributed by atoms with Gasteiger partial charge in [-0.05, 0) is 53.6 Å². The van der Waals surface area contributed by atoms with Gasteiger partial charge in [-0.25, -0.2) is 12.8 Å². The summed E-state index contributed by atoms with van der Waals surface area (Å²) in [6.45, 7) is 0. The van der Waals surface area contributed by atoms with Crippen LogP contribution < -0.4 is 23.7 Å². The third kappa shape index (κ3) is 5.93. The Morgan fingerprint density at radius 1 is 0.771 bits per heavy atom. The summed E-state index contributed by atoms with van der Waals surface area (Å²) in [6, 6.07) is 9.91. The third-order valence-electron chi connectivity index (χ3n) is 4.87. The maximum absolute atomic E-state index is 14.8. The molecule has 0 fully saturated rings. The van der Waals surface area contributed by atoms with Crippen molar-refractivity contribution in [1.29, 1.82) is 0 Å². The number of hydrogen-bond donors (Lipinski definition) is 1. The molecule has 0 amide bonds. The second kappa shape index (κ2) is 11.1. The number of sulfonamides is 1. The van der Waals surface area contributed by atoms with Crippen LogP contribution in [0, 0.1) is 5.82 Å². The van der Waals surface area contributed by atoms with E-state index in [1.807, 2.05) is 0 Å². The molecule has 0 aliphatic carbocycles. The molecule has 0 bridgehead atoms. The third-order valence-corrected chi connectivity index (χ3v) is 6.97. The van der Waals surface area contributed by atoms with E-state index in [0.717, 1.165) is 0 Å². The lowest BCUT2D eigenvalue weighted by atomic mass is 10.1. The van der Waals surface area contributed by atoms with Crippen LogP contribution >= 0.6 is 23.2 Å². The summed E-state index contributed by atoms with van der Waals surface area (Å²) < 4.78 is 64.0. The molecule has 3 aromatic carbocycles. The van der Waals surface area contributed by atoms with Crippen molar-refractivity contribution in [1.82, 2.24) is 0 Å². The van der Waals surface area contributed by atoms with Gasteiger partial charge in [-0.1, -0.05) is 35.4 Å². The van der Waals surface area contributed by atoms with E-state index < -0.39 is 15.8 Å². The maximum Gasteiger partial charge on any atom is 0.262 e. The van der Waals surface area contributed by atoms with E-state index in [0.29, 0.717) is 28.4 Å². The number of nitrogens with one attached hydrogen (secondary N) is 1. The summed E-state index contributed by atoms with van der Waals surface area (Å²) in [6.07, 6.45) is 3.28. The molecule has 1 N–H and O–H groups in total. The first-order valence-electron chi connectivity index (χ1n) is 9.97. The Balaban J connectivity index is 2.00. The zero-order valence-electron chi connectivity index (χ0n) is 19.2. The van der Waals surface area contributed by atoms with E-state index in [9.17, 15) is 12.8 Å². The number of methoxy groups -OCH3 is 4. The van der Waals surface area contributed by atoms with Crippen LogP contribution in [0.1, 0.15) is 11.1 Å². The molecule has 7 nitrogen and oxygen atoms in total. The van der Waals surface area contributed by atoms with Gasteiger partial charge < -0.3 is 18.9 Å². The lowest BCUT2D eigenvalue weighted by Gasteiger charge is -2.14. The van der Waals surface area contributed by atoms with Crippen LogP contribution in [0.15, 0.2) is 47.4 Å². The number of halogens is 3. The zero-order valence-corrected chi connectivity index (χ0v) is 21.5. The normalized spacial score (nSPS) is 11.4. The maximum atomic E-state index is 14.8. The second-order valence-electron chi connectivity index (χ2n) is 7.06. The average molecular weight is 542 g/mol. The van der Waals surface area contributed by atoms with Crippen LogP contribution in [0.25, 0.3) is 12.2 Å². The molecule has 0 spiro atoms. The summed E-state index contributed by atoms with van der Waals surface area (Å²) in [5.74, 6) is 0.302. The van der Waals surface area contributed by atoms with E-state index in [1.165, 1.54) is 58.8 Å². The highest BCUT2D eigenvalue weighted by molar-refractivity contribution is 7.92. The molecule has 0 radical (unpaired) electrons. The van der Waals surface area contributed by atoms with Crippen molar-refractivity contribution in [3.8, 4) is 23.0 Å². The first kappa shape index (κ1) is 26.5. The summed E-state index contributed by atoms with van der Waals surface area (Å²) in [4.78, 5) is -0.146. The molecular formula is C24H22Cl2FNO6S. The lowest BCUT2D eigenvalue weighted by Crippen LogP contribution is -2.14. The smallest absolute Gasteiger partial charge is 0.262 e. The zero-order chi connectivity index (χ0) is 25.8. The molecule has 0 aliphatic rings. The minimum absolute atomic E-state index is 0.0646. The summed E-state index contributed by atoms with van der Waals surface area (Å²) >= 11 is 11.8. The molecule has 0 saturated heterocycles. The van der Waals surface area contributed by atoms with Gasteiger partial charge >= 0.3 is 0 Å². The van der Waals surface area contributed by atoms with E-state index in [-0.39, 0.29) is 26.4 Å². The molecular weight excluding hydrogens is 520 g/mol. The van der Waals surface area contributed by atoms with Gasteiger partial charge in [0.05, 0.1) is 49.1 Å². The molecule has 0 saturated carbocycles. The fourth-order valence-corrected chi connectivity index (χ4v) is 4.67. The van der Waals surface area contributed by atoms with Gasteiger partial charge in [0, 0.05) is 0 Å². The number of rotatable bonds is 9. The number of ether oxygens (including phenoxy) is 4. The van der Waals surface area contributed by atoms with Crippen LogP contribution in [-0.4, -0.2) is 36.9 Å². The fourth-order valence-electron chi connectivity index (χ4n) is 3.23. The van der Waals surface area contributed by atoms with Crippen molar-refractivity contribution in [3.63, 3.8) is 0 Å². The number of hydrogen-bond acceptors (Lipinski definition) is 6. The van der Waals surface area contributed by atoms with E-state index >= 15 is 0 Å².